The molecule has 3 aromatic rings. The SMILES string of the molecule is Cc1cc(C2CCN(CC#N)CC2)ccc1Nc1ncc(Cl)c(CCc2cccc3c2C(C)(C)C(=O)N3)n1. The van der Waals surface area contributed by atoms with Crippen LogP contribution in [0.5, 0.6) is 0 Å². The van der Waals surface area contributed by atoms with E-state index in [-0.39, 0.29) is 5.91 Å². The second-order valence-corrected chi connectivity index (χ2v) is 11.2. The number of halogens is 1. The number of rotatable bonds is 7. The van der Waals surface area contributed by atoms with Gasteiger partial charge in [-0.25, -0.2) is 9.97 Å². The van der Waals surface area contributed by atoms with Gasteiger partial charge in [0.25, 0.3) is 0 Å². The van der Waals surface area contributed by atoms with E-state index in [4.69, 9.17) is 21.8 Å². The van der Waals surface area contributed by atoms with Crippen molar-refractivity contribution in [1.82, 2.24) is 14.9 Å². The highest BCUT2D eigenvalue weighted by Crippen LogP contribution is 2.40. The normalized spacial score (nSPS) is 17.1. The van der Waals surface area contributed by atoms with Crippen molar-refractivity contribution >= 4 is 34.8 Å². The minimum absolute atomic E-state index is 0.0253. The third-order valence-electron chi connectivity index (χ3n) is 7.89. The molecule has 0 aliphatic carbocycles. The molecule has 2 N–H and O–H groups in total. The monoisotopic (exact) mass is 528 g/mol. The number of benzene rings is 2. The number of amides is 1. The second kappa shape index (κ2) is 10.7. The fourth-order valence-corrected chi connectivity index (χ4v) is 5.85. The summed E-state index contributed by atoms with van der Waals surface area (Å²) in [7, 11) is 0. The molecule has 0 bridgehead atoms. The fraction of sp³-hybridized carbons (Fsp3) is 0.400. The molecule has 2 aliphatic rings. The highest BCUT2D eigenvalue weighted by atomic mass is 35.5. The number of carbonyl (C=O) groups is 1. The fourth-order valence-electron chi connectivity index (χ4n) is 5.66. The number of anilines is 3. The molecular weight excluding hydrogens is 496 g/mol. The number of carbonyl (C=O) groups excluding carboxylic acids is 1. The highest BCUT2D eigenvalue weighted by molar-refractivity contribution is 6.31. The predicted octanol–water partition coefficient (Wildman–Crippen LogP) is 5.90. The van der Waals surface area contributed by atoms with Crippen LogP contribution in [-0.2, 0) is 23.1 Å². The van der Waals surface area contributed by atoms with Crippen LogP contribution in [0.3, 0.4) is 0 Å². The minimum Gasteiger partial charge on any atom is -0.325 e. The average molecular weight is 529 g/mol. The largest absolute Gasteiger partial charge is 0.325 e. The molecule has 5 rings (SSSR count). The molecule has 1 amide bonds. The number of aryl methyl sites for hydroxylation is 3. The summed E-state index contributed by atoms with van der Waals surface area (Å²) in [5, 5.41) is 15.8. The zero-order valence-corrected chi connectivity index (χ0v) is 22.9. The van der Waals surface area contributed by atoms with Gasteiger partial charge in [-0.2, -0.15) is 5.26 Å². The average Bonchev–Trinajstić information content (AvgIpc) is 3.14. The van der Waals surface area contributed by atoms with Gasteiger partial charge in [-0.1, -0.05) is 35.9 Å². The van der Waals surface area contributed by atoms with Crippen LogP contribution in [0.25, 0.3) is 0 Å². The van der Waals surface area contributed by atoms with Crippen LogP contribution in [0.2, 0.25) is 5.02 Å². The Balaban J connectivity index is 1.27. The zero-order valence-electron chi connectivity index (χ0n) is 22.1. The second-order valence-electron chi connectivity index (χ2n) is 10.8. The molecule has 1 fully saturated rings. The summed E-state index contributed by atoms with van der Waals surface area (Å²) in [6, 6.07) is 14.8. The van der Waals surface area contributed by atoms with Crippen molar-refractivity contribution in [2.45, 2.75) is 57.8 Å². The van der Waals surface area contributed by atoms with Crippen molar-refractivity contribution in [3.8, 4) is 6.07 Å². The van der Waals surface area contributed by atoms with E-state index in [2.05, 4.69) is 57.8 Å². The smallest absolute Gasteiger partial charge is 0.234 e. The third-order valence-corrected chi connectivity index (χ3v) is 8.21. The molecule has 0 radical (unpaired) electrons. The van der Waals surface area contributed by atoms with E-state index in [9.17, 15) is 4.79 Å². The minimum atomic E-state index is -0.564. The van der Waals surface area contributed by atoms with Crippen molar-refractivity contribution < 1.29 is 4.79 Å². The van der Waals surface area contributed by atoms with Gasteiger partial charge < -0.3 is 10.6 Å². The maximum Gasteiger partial charge on any atom is 0.234 e. The summed E-state index contributed by atoms with van der Waals surface area (Å²) in [4.78, 5) is 23.8. The Hall–Kier alpha value is -3.47. The van der Waals surface area contributed by atoms with E-state index < -0.39 is 5.41 Å². The molecule has 196 valence electrons. The lowest BCUT2D eigenvalue weighted by atomic mass is 9.82. The lowest BCUT2D eigenvalue weighted by Gasteiger charge is -2.30. The van der Waals surface area contributed by atoms with Crippen LogP contribution in [0.4, 0.5) is 17.3 Å². The molecule has 7 nitrogen and oxygen atoms in total. The number of hydrogen-bond acceptors (Lipinski definition) is 6. The number of nitriles is 1. The van der Waals surface area contributed by atoms with Crippen LogP contribution < -0.4 is 10.6 Å². The maximum absolute atomic E-state index is 12.5. The van der Waals surface area contributed by atoms with Gasteiger partial charge in [-0.3, -0.25) is 9.69 Å². The lowest BCUT2D eigenvalue weighted by molar-refractivity contribution is -0.119. The first-order chi connectivity index (χ1) is 18.3. The summed E-state index contributed by atoms with van der Waals surface area (Å²) >= 11 is 6.49. The summed E-state index contributed by atoms with van der Waals surface area (Å²) in [6.45, 7) is 8.47. The van der Waals surface area contributed by atoms with Gasteiger partial charge in [0.1, 0.15) is 0 Å². The first-order valence-electron chi connectivity index (χ1n) is 13.2. The lowest BCUT2D eigenvalue weighted by Crippen LogP contribution is -2.33. The van der Waals surface area contributed by atoms with Gasteiger partial charge in [-0.15, -0.1) is 0 Å². The Kier molecular flexibility index (Phi) is 7.38. The first kappa shape index (κ1) is 26.1. The van der Waals surface area contributed by atoms with E-state index in [1.165, 1.54) is 5.56 Å². The van der Waals surface area contributed by atoms with Crippen LogP contribution in [0.15, 0.2) is 42.6 Å². The van der Waals surface area contributed by atoms with E-state index in [1.807, 2.05) is 26.0 Å². The number of nitrogens with zero attached hydrogens (tertiary/aromatic N) is 4. The number of piperidine rings is 1. The van der Waals surface area contributed by atoms with Gasteiger partial charge >= 0.3 is 0 Å². The van der Waals surface area contributed by atoms with Gasteiger partial charge in [0.05, 0.1) is 34.9 Å². The van der Waals surface area contributed by atoms with E-state index in [0.717, 1.165) is 66.1 Å². The van der Waals surface area contributed by atoms with E-state index >= 15 is 0 Å². The van der Waals surface area contributed by atoms with Crippen LogP contribution >= 0.6 is 11.6 Å². The predicted molar refractivity (Wildman–Crippen MR) is 151 cm³/mol. The van der Waals surface area contributed by atoms with E-state index in [1.54, 1.807) is 6.20 Å². The quantitative estimate of drug-likeness (QED) is 0.371. The number of hydrogen-bond donors (Lipinski definition) is 2. The molecule has 2 aliphatic heterocycles. The Labute approximate surface area is 229 Å². The summed E-state index contributed by atoms with van der Waals surface area (Å²) in [5.74, 6) is 1.06. The molecule has 1 aromatic heterocycles. The van der Waals surface area contributed by atoms with Gasteiger partial charge in [-0.05, 0) is 99.8 Å². The van der Waals surface area contributed by atoms with Gasteiger partial charge in [0, 0.05) is 11.4 Å². The Morgan fingerprint density at radius 1 is 1.21 bits per heavy atom. The van der Waals surface area contributed by atoms with Crippen molar-refractivity contribution in [2.75, 3.05) is 30.3 Å². The number of nitrogens with one attached hydrogen (secondary N) is 2. The maximum atomic E-state index is 12.5. The molecule has 0 unspecified atom stereocenters. The topological polar surface area (TPSA) is 93.9 Å². The number of likely N-dealkylation sites (tertiary alicyclic amines) is 1. The first-order valence-corrected chi connectivity index (χ1v) is 13.6. The van der Waals surface area contributed by atoms with Crippen molar-refractivity contribution in [1.29, 1.82) is 5.26 Å². The molecule has 0 atom stereocenters. The molecule has 3 heterocycles. The highest BCUT2D eigenvalue weighted by Gasteiger charge is 2.39. The zero-order chi connectivity index (χ0) is 26.9. The Bertz CT molecular complexity index is 1400. The third kappa shape index (κ3) is 5.24. The number of aromatic nitrogens is 2. The Morgan fingerprint density at radius 3 is 2.74 bits per heavy atom. The van der Waals surface area contributed by atoms with Gasteiger partial charge in [0.15, 0.2) is 0 Å². The van der Waals surface area contributed by atoms with E-state index in [0.29, 0.717) is 29.9 Å². The molecule has 0 saturated carbocycles. The molecule has 38 heavy (non-hydrogen) atoms. The molecule has 8 heteroatoms. The van der Waals surface area contributed by atoms with Crippen LogP contribution in [0.1, 0.15) is 60.6 Å². The van der Waals surface area contributed by atoms with Crippen LogP contribution in [0, 0.1) is 18.3 Å². The summed E-state index contributed by atoms with van der Waals surface area (Å²) in [6.07, 6.45) is 5.15. The number of fused-ring (bicyclic) bond motifs is 1. The standard InChI is InChI=1S/C30H33ClN6O/c1-19-17-22(20-11-14-37(15-12-20)16-13-32)8-9-24(19)35-29-33-18-23(31)25(36-29)10-7-21-5-4-6-26-27(21)30(2,3)28(38)34-26/h4-6,8-9,17-18,20H,7,10-12,14-16H2,1-3H3,(H,34,38)(H,33,35,36). The molecule has 1 saturated heterocycles. The Morgan fingerprint density at radius 2 is 2.00 bits per heavy atom. The van der Waals surface area contributed by atoms with Crippen molar-refractivity contribution in [3.63, 3.8) is 0 Å². The van der Waals surface area contributed by atoms with Crippen molar-refractivity contribution in [3.05, 3.63) is 75.6 Å². The molecule has 0 spiro atoms. The van der Waals surface area contributed by atoms with Gasteiger partial charge in [0.2, 0.25) is 11.9 Å². The summed E-state index contributed by atoms with van der Waals surface area (Å²) in [5.41, 5.74) is 6.73. The van der Waals surface area contributed by atoms with Crippen LogP contribution in [-0.4, -0.2) is 40.4 Å². The van der Waals surface area contributed by atoms with Crippen molar-refractivity contribution in [2.24, 2.45) is 0 Å². The molecule has 2 aromatic carbocycles. The molecular formula is C30H33ClN6O. The summed E-state index contributed by atoms with van der Waals surface area (Å²) < 4.78 is 0.